The Hall–Kier alpha value is -3.21. The van der Waals surface area contributed by atoms with Gasteiger partial charge in [0.1, 0.15) is 0 Å². The number of aliphatic carboxylic acids is 1. The summed E-state index contributed by atoms with van der Waals surface area (Å²) >= 11 is 0. The van der Waals surface area contributed by atoms with E-state index in [2.05, 4.69) is 53.6 Å². The predicted molar refractivity (Wildman–Crippen MR) is 114 cm³/mol. The highest BCUT2D eigenvalue weighted by Crippen LogP contribution is 2.31. The number of carboxylic acids is 1. The molecular formula is C23H25N3O2. The van der Waals surface area contributed by atoms with Crippen molar-refractivity contribution < 1.29 is 9.90 Å². The van der Waals surface area contributed by atoms with Crippen molar-refractivity contribution in [2.45, 2.75) is 32.7 Å². The molecule has 3 aromatic rings. The topological polar surface area (TPSA) is 66.3 Å². The van der Waals surface area contributed by atoms with E-state index in [1.54, 1.807) is 0 Å². The molecule has 0 unspecified atom stereocenters. The van der Waals surface area contributed by atoms with E-state index in [-0.39, 0.29) is 0 Å². The van der Waals surface area contributed by atoms with Gasteiger partial charge in [-0.15, -0.1) is 0 Å². The molecule has 1 aromatic heterocycles. The molecule has 0 spiro atoms. The number of aromatic nitrogens is 1. The average Bonchev–Trinajstić information content (AvgIpc) is 3.27. The Morgan fingerprint density at radius 3 is 2.68 bits per heavy atom. The van der Waals surface area contributed by atoms with Crippen molar-refractivity contribution in [3.63, 3.8) is 0 Å². The fourth-order valence-corrected chi connectivity index (χ4v) is 4.08. The monoisotopic (exact) mass is 375 g/mol. The molecule has 28 heavy (non-hydrogen) atoms. The molecule has 0 fully saturated rings. The van der Waals surface area contributed by atoms with E-state index in [4.69, 9.17) is 0 Å². The fraction of sp³-hybridized carbons (Fsp3) is 0.261. The van der Waals surface area contributed by atoms with Crippen LogP contribution in [-0.4, -0.2) is 15.6 Å². The van der Waals surface area contributed by atoms with E-state index in [0.29, 0.717) is 18.5 Å². The number of nitrogens with zero attached hydrogens (tertiary/aromatic N) is 1. The number of anilines is 2. The van der Waals surface area contributed by atoms with Crippen LogP contribution in [0.25, 0.3) is 10.9 Å². The Balaban J connectivity index is 1.59. The quantitative estimate of drug-likeness (QED) is 0.565. The van der Waals surface area contributed by atoms with Gasteiger partial charge >= 0.3 is 5.97 Å². The Kier molecular flexibility index (Phi) is 4.82. The first-order valence-corrected chi connectivity index (χ1v) is 9.63. The van der Waals surface area contributed by atoms with E-state index < -0.39 is 5.97 Å². The van der Waals surface area contributed by atoms with Crippen molar-refractivity contribution in [1.29, 1.82) is 0 Å². The van der Waals surface area contributed by atoms with Gasteiger partial charge in [0.25, 0.3) is 0 Å². The molecule has 144 valence electrons. The smallest absolute Gasteiger partial charge is 0.333 e. The molecule has 0 atom stereocenters. The summed E-state index contributed by atoms with van der Waals surface area (Å²) in [6.07, 6.45) is 4.46. The molecule has 0 saturated carbocycles. The number of hydrogen-bond donors (Lipinski definition) is 3. The summed E-state index contributed by atoms with van der Waals surface area (Å²) in [5, 5.41) is 17.6. The van der Waals surface area contributed by atoms with Gasteiger partial charge in [-0.3, -0.25) is 0 Å². The van der Waals surface area contributed by atoms with Crippen LogP contribution in [0, 0.1) is 6.92 Å². The van der Waals surface area contributed by atoms with Crippen LogP contribution in [0.5, 0.6) is 0 Å². The van der Waals surface area contributed by atoms with E-state index >= 15 is 0 Å². The van der Waals surface area contributed by atoms with Gasteiger partial charge in [-0.05, 0) is 55.5 Å². The largest absolute Gasteiger partial charge is 0.478 e. The lowest BCUT2D eigenvalue weighted by Crippen LogP contribution is -2.08. The van der Waals surface area contributed by atoms with Crippen LogP contribution >= 0.6 is 0 Å². The number of carboxylic acid groups (broad SMARTS) is 1. The van der Waals surface area contributed by atoms with Crippen molar-refractivity contribution in [3.05, 3.63) is 71.1 Å². The standard InChI is InChI=1S/C23H25N3O2/c1-15-7-5-12-21-22(15)16(14-26(21)2)13-24-19-9-3-4-10-20(19)25-18-11-6-8-17(18)23(27)28/h3-5,7,9-10,12,14,24-25H,6,8,11,13H2,1-2H3,(H,27,28). The van der Waals surface area contributed by atoms with Crippen molar-refractivity contribution in [3.8, 4) is 0 Å². The molecule has 2 aromatic carbocycles. The van der Waals surface area contributed by atoms with Crippen molar-refractivity contribution in [2.75, 3.05) is 10.6 Å². The second kappa shape index (κ2) is 7.43. The second-order valence-corrected chi connectivity index (χ2v) is 7.37. The van der Waals surface area contributed by atoms with Gasteiger partial charge in [0.05, 0.1) is 16.9 Å². The number of hydrogen-bond acceptors (Lipinski definition) is 3. The molecule has 0 radical (unpaired) electrons. The number of aryl methyl sites for hydroxylation is 2. The van der Waals surface area contributed by atoms with Crippen molar-refractivity contribution in [1.82, 2.24) is 4.57 Å². The van der Waals surface area contributed by atoms with Gasteiger partial charge in [0.15, 0.2) is 0 Å². The van der Waals surface area contributed by atoms with Crippen LogP contribution in [0.3, 0.4) is 0 Å². The summed E-state index contributed by atoms with van der Waals surface area (Å²) < 4.78 is 2.16. The predicted octanol–water partition coefficient (Wildman–Crippen LogP) is 5.03. The molecule has 1 aliphatic carbocycles. The number of benzene rings is 2. The number of nitrogens with one attached hydrogen (secondary N) is 2. The molecule has 3 N–H and O–H groups in total. The first-order chi connectivity index (χ1) is 13.5. The molecular weight excluding hydrogens is 350 g/mol. The Bertz CT molecular complexity index is 1080. The first kappa shape index (κ1) is 18.2. The minimum atomic E-state index is -0.823. The van der Waals surface area contributed by atoms with Gasteiger partial charge in [-0.2, -0.15) is 0 Å². The highest BCUT2D eigenvalue weighted by Gasteiger charge is 2.21. The summed E-state index contributed by atoms with van der Waals surface area (Å²) in [5.41, 5.74) is 6.94. The first-order valence-electron chi connectivity index (χ1n) is 9.63. The lowest BCUT2D eigenvalue weighted by molar-refractivity contribution is -0.132. The fourth-order valence-electron chi connectivity index (χ4n) is 4.08. The van der Waals surface area contributed by atoms with Crippen LogP contribution in [0.2, 0.25) is 0 Å². The number of rotatable bonds is 6. The van der Waals surface area contributed by atoms with E-state index in [1.807, 2.05) is 24.3 Å². The van der Waals surface area contributed by atoms with Gasteiger partial charge in [0.2, 0.25) is 0 Å². The van der Waals surface area contributed by atoms with Crippen molar-refractivity contribution >= 4 is 28.2 Å². The minimum absolute atomic E-state index is 0.500. The van der Waals surface area contributed by atoms with E-state index in [9.17, 15) is 9.90 Å². The maximum Gasteiger partial charge on any atom is 0.333 e. The zero-order valence-electron chi connectivity index (χ0n) is 16.2. The second-order valence-electron chi connectivity index (χ2n) is 7.37. The number of fused-ring (bicyclic) bond motifs is 1. The number of para-hydroxylation sites is 2. The maximum atomic E-state index is 11.4. The van der Waals surface area contributed by atoms with Crippen LogP contribution in [0.1, 0.15) is 30.4 Å². The highest BCUT2D eigenvalue weighted by atomic mass is 16.4. The number of carbonyl (C=O) groups is 1. The molecule has 0 amide bonds. The molecule has 5 heteroatoms. The molecule has 5 nitrogen and oxygen atoms in total. The van der Waals surface area contributed by atoms with Gasteiger partial charge in [-0.25, -0.2) is 4.79 Å². The molecule has 1 heterocycles. The van der Waals surface area contributed by atoms with Crippen LogP contribution in [-0.2, 0) is 18.4 Å². The molecule has 0 aliphatic heterocycles. The van der Waals surface area contributed by atoms with Gasteiger partial charge < -0.3 is 20.3 Å². The molecule has 4 rings (SSSR count). The summed E-state index contributed by atoms with van der Waals surface area (Å²) in [6, 6.07) is 14.3. The minimum Gasteiger partial charge on any atom is -0.478 e. The summed E-state index contributed by atoms with van der Waals surface area (Å²) in [5.74, 6) is -0.823. The van der Waals surface area contributed by atoms with Gasteiger partial charge in [-0.1, -0.05) is 24.3 Å². The normalized spacial score (nSPS) is 13.9. The summed E-state index contributed by atoms with van der Waals surface area (Å²) in [6.45, 7) is 2.84. The Morgan fingerprint density at radius 1 is 1.11 bits per heavy atom. The molecule has 0 saturated heterocycles. The lowest BCUT2D eigenvalue weighted by atomic mass is 10.1. The van der Waals surface area contributed by atoms with Crippen molar-refractivity contribution in [2.24, 2.45) is 7.05 Å². The maximum absolute atomic E-state index is 11.4. The summed E-state index contributed by atoms with van der Waals surface area (Å²) in [4.78, 5) is 11.4. The third-order valence-electron chi connectivity index (χ3n) is 5.46. The Morgan fingerprint density at radius 2 is 1.89 bits per heavy atom. The average molecular weight is 375 g/mol. The number of allylic oxidation sites excluding steroid dienone is 1. The summed E-state index contributed by atoms with van der Waals surface area (Å²) in [7, 11) is 2.07. The SMILES string of the molecule is Cc1cccc2c1c(CNc1ccccc1NC1=C(C(=O)O)CCC1)cn2C. The Labute approximate surface area is 164 Å². The van der Waals surface area contributed by atoms with E-state index in [0.717, 1.165) is 29.9 Å². The van der Waals surface area contributed by atoms with E-state index in [1.165, 1.54) is 22.0 Å². The zero-order chi connectivity index (χ0) is 19.7. The molecule has 1 aliphatic rings. The van der Waals surface area contributed by atoms with Crippen LogP contribution < -0.4 is 10.6 Å². The van der Waals surface area contributed by atoms with Crippen LogP contribution in [0.4, 0.5) is 11.4 Å². The third-order valence-corrected chi connectivity index (χ3v) is 5.46. The van der Waals surface area contributed by atoms with Crippen LogP contribution in [0.15, 0.2) is 59.9 Å². The zero-order valence-corrected chi connectivity index (χ0v) is 16.2. The molecule has 0 bridgehead atoms. The third kappa shape index (κ3) is 3.36. The van der Waals surface area contributed by atoms with Gasteiger partial charge in [0, 0.05) is 36.4 Å². The lowest BCUT2D eigenvalue weighted by Gasteiger charge is -2.15. The highest BCUT2D eigenvalue weighted by molar-refractivity contribution is 5.89.